The van der Waals surface area contributed by atoms with Gasteiger partial charge in [-0.15, -0.1) is 0 Å². The summed E-state index contributed by atoms with van der Waals surface area (Å²) in [7, 11) is 0. The fourth-order valence-electron chi connectivity index (χ4n) is 4.63. The van der Waals surface area contributed by atoms with Crippen molar-refractivity contribution >= 4 is 0 Å². The number of hydrogen-bond acceptors (Lipinski definition) is 4. The van der Waals surface area contributed by atoms with Gasteiger partial charge in [-0.2, -0.15) is 0 Å². The average molecular weight is 354 g/mol. The predicted octanol–water partition coefficient (Wildman–Crippen LogP) is 4.12. The van der Waals surface area contributed by atoms with E-state index < -0.39 is 0 Å². The summed E-state index contributed by atoms with van der Waals surface area (Å²) in [4.78, 5) is 16.6. The van der Waals surface area contributed by atoms with Crippen molar-refractivity contribution in [3.8, 4) is 0 Å². The van der Waals surface area contributed by atoms with Gasteiger partial charge in [-0.1, -0.05) is 19.3 Å². The summed E-state index contributed by atoms with van der Waals surface area (Å²) in [5.74, 6) is 3.45. The number of aromatic nitrogens is 4. The molecule has 1 saturated heterocycles. The highest BCUT2D eigenvalue weighted by Crippen LogP contribution is 2.30. The highest BCUT2D eigenvalue weighted by Gasteiger charge is 2.25. The average Bonchev–Trinajstić information content (AvgIpc) is 3.18. The van der Waals surface area contributed by atoms with Gasteiger partial charge in [0, 0.05) is 61.8 Å². The van der Waals surface area contributed by atoms with Crippen molar-refractivity contribution in [1.82, 2.24) is 24.4 Å². The van der Waals surface area contributed by atoms with Crippen LogP contribution >= 0.6 is 0 Å². The largest absolute Gasteiger partial charge is 0.335 e. The number of piperidine rings is 1. The van der Waals surface area contributed by atoms with Crippen molar-refractivity contribution in [2.45, 2.75) is 76.8 Å². The molecular weight excluding hydrogens is 322 g/mol. The van der Waals surface area contributed by atoms with E-state index in [4.69, 9.17) is 9.97 Å². The van der Waals surface area contributed by atoms with Gasteiger partial charge in [0.1, 0.15) is 11.6 Å². The van der Waals surface area contributed by atoms with Gasteiger partial charge in [0.15, 0.2) is 0 Å². The van der Waals surface area contributed by atoms with E-state index in [1.165, 1.54) is 56.3 Å². The molecule has 2 fully saturated rings. The molecule has 1 aliphatic heterocycles. The smallest absolute Gasteiger partial charge is 0.131 e. The van der Waals surface area contributed by atoms with Crippen LogP contribution in [0.5, 0.6) is 0 Å². The lowest BCUT2D eigenvalue weighted by Gasteiger charge is -2.32. The van der Waals surface area contributed by atoms with Crippen LogP contribution in [-0.2, 0) is 13.1 Å². The fourth-order valence-corrected chi connectivity index (χ4v) is 4.63. The Labute approximate surface area is 156 Å². The van der Waals surface area contributed by atoms with Crippen LogP contribution < -0.4 is 0 Å². The second kappa shape index (κ2) is 8.30. The van der Waals surface area contributed by atoms with Crippen molar-refractivity contribution in [2.24, 2.45) is 0 Å². The summed E-state index contributed by atoms with van der Waals surface area (Å²) < 4.78 is 2.29. The molecule has 0 spiro atoms. The maximum absolute atomic E-state index is 4.71. The first-order valence-corrected chi connectivity index (χ1v) is 10.4. The van der Waals surface area contributed by atoms with Crippen molar-refractivity contribution in [2.75, 3.05) is 13.1 Å². The molecule has 2 aromatic heterocycles. The number of hydrogen-bond donors (Lipinski definition) is 0. The van der Waals surface area contributed by atoms with Crippen LogP contribution in [0.2, 0.25) is 0 Å². The van der Waals surface area contributed by atoms with Crippen LogP contribution in [0.3, 0.4) is 0 Å². The molecule has 0 aromatic carbocycles. The van der Waals surface area contributed by atoms with E-state index in [0.717, 1.165) is 32.0 Å². The first-order chi connectivity index (χ1) is 12.8. The Bertz CT molecular complexity index is 687. The van der Waals surface area contributed by atoms with Crippen LogP contribution in [0.25, 0.3) is 0 Å². The lowest BCUT2D eigenvalue weighted by atomic mass is 9.89. The second-order valence-electron chi connectivity index (χ2n) is 7.93. The van der Waals surface area contributed by atoms with E-state index in [2.05, 4.69) is 40.0 Å². The zero-order chi connectivity index (χ0) is 17.8. The van der Waals surface area contributed by atoms with E-state index >= 15 is 0 Å². The van der Waals surface area contributed by atoms with E-state index in [1.54, 1.807) is 0 Å². The van der Waals surface area contributed by atoms with Gasteiger partial charge in [-0.05, 0) is 39.2 Å². The SMILES string of the molecule is CCn1ccnc1C1CCCN(Cc2cnc(C3CCCCC3)nc2)C1. The molecule has 5 nitrogen and oxygen atoms in total. The molecule has 140 valence electrons. The van der Waals surface area contributed by atoms with Gasteiger partial charge in [0.25, 0.3) is 0 Å². The summed E-state index contributed by atoms with van der Waals surface area (Å²) in [6, 6.07) is 0. The van der Waals surface area contributed by atoms with Crippen LogP contribution in [0.1, 0.15) is 80.9 Å². The van der Waals surface area contributed by atoms with E-state index in [0.29, 0.717) is 11.8 Å². The van der Waals surface area contributed by atoms with E-state index in [-0.39, 0.29) is 0 Å². The minimum absolute atomic E-state index is 0.543. The van der Waals surface area contributed by atoms with Gasteiger partial charge in [0.05, 0.1) is 0 Å². The molecule has 0 N–H and O–H groups in total. The first kappa shape index (κ1) is 17.7. The number of aryl methyl sites for hydroxylation is 1. The quantitative estimate of drug-likeness (QED) is 0.811. The lowest BCUT2D eigenvalue weighted by Crippen LogP contribution is -2.35. The van der Waals surface area contributed by atoms with E-state index in [1.807, 2.05) is 6.20 Å². The first-order valence-electron chi connectivity index (χ1n) is 10.4. The monoisotopic (exact) mass is 353 g/mol. The molecule has 3 heterocycles. The molecule has 5 heteroatoms. The summed E-state index contributed by atoms with van der Waals surface area (Å²) in [5.41, 5.74) is 1.24. The highest BCUT2D eigenvalue weighted by molar-refractivity contribution is 5.09. The number of imidazole rings is 1. The maximum Gasteiger partial charge on any atom is 0.131 e. The Kier molecular flexibility index (Phi) is 5.63. The standard InChI is InChI=1S/C21H31N5/c1-2-26-12-10-22-21(26)19-9-6-11-25(16-19)15-17-13-23-20(24-14-17)18-7-4-3-5-8-18/h10,12-14,18-19H,2-9,11,15-16H2,1H3. The molecule has 26 heavy (non-hydrogen) atoms. The van der Waals surface area contributed by atoms with Gasteiger partial charge < -0.3 is 4.57 Å². The molecule has 1 aliphatic carbocycles. The topological polar surface area (TPSA) is 46.8 Å². The summed E-state index contributed by atoms with van der Waals surface area (Å²) in [5, 5.41) is 0. The molecule has 2 aromatic rings. The molecule has 1 saturated carbocycles. The third-order valence-corrected chi connectivity index (χ3v) is 6.06. The molecule has 0 bridgehead atoms. The minimum atomic E-state index is 0.543. The Morgan fingerprint density at radius 2 is 1.73 bits per heavy atom. The number of rotatable bonds is 5. The Balaban J connectivity index is 1.37. The van der Waals surface area contributed by atoms with Crippen molar-refractivity contribution in [3.63, 3.8) is 0 Å². The third-order valence-electron chi connectivity index (χ3n) is 6.06. The van der Waals surface area contributed by atoms with Crippen LogP contribution in [-0.4, -0.2) is 37.5 Å². The summed E-state index contributed by atoms with van der Waals surface area (Å²) in [6.07, 6.45) is 17.2. The van der Waals surface area contributed by atoms with E-state index in [9.17, 15) is 0 Å². The Morgan fingerprint density at radius 1 is 0.962 bits per heavy atom. The maximum atomic E-state index is 4.71. The van der Waals surface area contributed by atoms with Crippen molar-refractivity contribution in [3.05, 3.63) is 42.0 Å². The van der Waals surface area contributed by atoms with Crippen LogP contribution in [0.4, 0.5) is 0 Å². The normalized spacial score (nSPS) is 22.6. The Morgan fingerprint density at radius 3 is 2.50 bits per heavy atom. The summed E-state index contributed by atoms with van der Waals surface area (Å²) >= 11 is 0. The number of likely N-dealkylation sites (tertiary alicyclic amines) is 1. The minimum Gasteiger partial charge on any atom is -0.335 e. The molecule has 1 atom stereocenters. The second-order valence-corrected chi connectivity index (χ2v) is 7.93. The molecule has 4 rings (SSSR count). The molecule has 0 radical (unpaired) electrons. The molecule has 2 aliphatic rings. The fraction of sp³-hybridized carbons (Fsp3) is 0.667. The highest BCUT2D eigenvalue weighted by atomic mass is 15.1. The Hall–Kier alpha value is -1.75. The third kappa shape index (κ3) is 3.98. The zero-order valence-corrected chi connectivity index (χ0v) is 16.0. The van der Waals surface area contributed by atoms with Crippen molar-refractivity contribution in [1.29, 1.82) is 0 Å². The predicted molar refractivity (Wildman–Crippen MR) is 103 cm³/mol. The van der Waals surface area contributed by atoms with Gasteiger partial charge in [0.2, 0.25) is 0 Å². The molecule has 0 amide bonds. The van der Waals surface area contributed by atoms with Crippen LogP contribution in [0, 0.1) is 0 Å². The van der Waals surface area contributed by atoms with Gasteiger partial charge in [-0.3, -0.25) is 4.90 Å². The zero-order valence-electron chi connectivity index (χ0n) is 16.0. The van der Waals surface area contributed by atoms with Gasteiger partial charge >= 0.3 is 0 Å². The molecule has 1 unspecified atom stereocenters. The lowest BCUT2D eigenvalue weighted by molar-refractivity contribution is 0.194. The number of nitrogens with zero attached hydrogens (tertiary/aromatic N) is 5. The summed E-state index contributed by atoms with van der Waals surface area (Å²) in [6.45, 7) is 6.39. The van der Waals surface area contributed by atoms with Gasteiger partial charge in [-0.25, -0.2) is 15.0 Å². The molecular formula is C21H31N5. The van der Waals surface area contributed by atoms with Crippen molar-refractivity contribution < 1.29 is 0 Å². The van der Waals surface area contributed by atoms with Crippen LogP contribution in [0.15, 0.2) is 24.8 Å².